The smallest absolute Gasteiger partial charge is 0.374 e. The molecule has 146 valence electrons. The normalized spacial score (nSPS) is 10.8. The Morgan fingerprint density at radius 2 is 1.93 bits per heavy atom. The lowest BCUT2D eigenvalue weighted by atomic mass is 10.1. The Kier molecular flexibility index (Phi) is 5.14. The van der Waals surface area contributed by atoms with Gasteiger partial charge < -0.3 is 14.5 Å². The number of amides is 1. The van der Waals surface area contributed by atoms with Crippen LogP contribution < -0.4 is 5.32 Å². The number of furan rings is 1. The van der Waals surface area contributed by atoms with E-state index in [1.165, 1.54) is 17.4 Å². The number of rotatable bonds is 5. The second-order valence-electron chi connectivity index (χ2n) is 6.59. The number of aryl methyl sites for hydroxylation is 2. The van der Waals surface area contributed by atoms with Crippen molar-refractivity contribution in [3.63, 3.8) is 0 Å². The quantitative estimate of drug-likeness (QED) is 0.473. The summed E-state index contributed by atoms with van der Waals surface area (Å²) in [5.74, 6) is -0.602. The lowest BCUT2D eigenvalue weighted by Gasteiger charge is -2.09. The number of nitrogens with zero attached hydrogens (tertiary/aromatic N) is 1. The zero-order valence-electron chi connectivity index (χ0n) is 15.9. The van der Waals surface area contributed by atoms with Gasteiger partial charge in [-0.15, -0.1) is 11.3 Å². The Labute approximate surface area is 171 Å². The molecule has 2 aromatic heterocycles. The van der Waals surface area contributed by atoms with Crippen molar-refractivity contribution in [3.8, 4) is 10.8 Å². The van der Waals surface area contributed by atoms with Gasteiger partial charge in [-0.2, -0.15) is 0 Å². The molecule has 1 N–H and O–H groups in total. The minimum absolute atomic E-state index is 0.0267. The van der Waals surface area contributed by atoms with E-state index in [0.29, 0.717) is 16.5 Å². The molecule has 0 radical (unpaired) electrons. The number of fused-ring (bicyclic) bond motifs is 1. The number of ether oxygens (including phenoxy) is 1. The number of para-hydroxylation sites is 1. The first-order chi connectivity index (χ1) is 14.0. The molecule has 0 saturated heterocycles. The molecule has 0 atom stereocenters. The maximum atomic E-state index is 12.2. The average molecular weight is 406 g/mol. The van der Waals surface area contributed by atoms with Gasteiger partial charge in [0.1, 0.15) is 0 Å². The van der Waals surface area contributed by atoms with Crippen molar-refractivity contribution in [1.82, 2.24) is 4.98 Å². The van der Waals surface area contributed by atoms with E-state index >= 15 is 0 Å². The number of aromatic nitrogens is 1. The third-order valence-electron chi connectivity index (χ3n) is 4.31. The maximum Gasteiger partial charge on any atom is 0.374 e. The molecule has 0 unspecified atom stereocenters. The number of hydrogen-bond donors (Lipinski definition) is 1. The zero-order valence-corrected chi connectivity index (χ0v) is 16.7. The highest BCUT2D eigenvalue weighted by atomic mass is 32.1. The van der Waals surface area contributed by atoms with Crippen molar-refractivity contribution in [1.29, 1.82) is 0 Å². The number of thiazole rings is 1. The highest BCUT2D eigenvalue weighted by Gasteiger charge is 2.17. The summed E-state index contributed by atoms with van der Waals surface area (Å²) >= 11 is 1.48. The van der Waals surface area contributed by atoms with Crippen molar-refractivity contribution in [2.45, 2.75) is 13.8 Å². The molecule has 0 saturated carbocycles. The molecular formula is C22H18N2O4S. The fraction of sp³-hybridized carbons (Fsp3) is 0.136. The molecule has 1 amide bonds. The van der Waals surface area contributed by atoms with Crippen LogP contribution in [0.25, 0.3) is 21.0 Å². The second kappa shape index (κ2) is 7.89. The molecule has 0 spiro atoms. The molecule has 29 heavy (non-hydrogen) atoms. The van der Waals surface area contributed by atoms with E-state index < -0.39 is 18.5 Å². The Hall–Kier alpha value is -3.45. The van der Waals surface area contributed by atoms with Gasteiger partial charge in [0.2, 0.25) is 5.76 Å². The maximum absolute atomic E-state index is 12.2. The summed E-state index contributed by atoms with van der Waals surface area (Å²) < 4.78 is 11.7. The standard InChI is InChI=1S/C22H18N2O4S/c1-13-7-8-14(2)16(11-13)23-20(25)12-27-22(26)18-10-9-17(28-18)21-24-15-5-3-4-6-19(15)29-21/h3-11H,12H2,1-2H3,(H,23,25). The predicted octanol–water partition coefficient (Wildman–Crippen LogP) is 4.97. The Morgan fingerprint density at radius 3 is 2.76 bits per heavy atom. The first kappa shape index (κ1) is 18.9. The van der Waals surface area contributed by atoms with Crippen LogP contribution in [-0.4, -0.2) is 23.5 Å². The summed E-state index contributed by atoms with van der Waals surface area (Å²) in [6, 6.07) is 16.7. The zero-order chi connectivity index (χ0) is 20.4. The molecule has 2 heterocycles. The van der Waals surface area contributed by atoms with E-state index in [1.54, 1.807) is 6.07 Å². The van der Waals surface area contributed by atoms with Gasteiger partial charge in [0.15, 0.2) is 17.4 Å². The number of benzene rings is 2. The summed E-state index contributed by atoms with van der Waals surface area (Å²) in [5.41, 5.74) is 3.53. The summed E-state index contributed by atoms with van der Waals surface area (Å²) in [6.07, 6.45) is 0. The first-order valence-corrected chi connectivity index (χ1v) is 9.81. The molecule has 0 aliphatic heterocycles. The highest BCUT2D eigenvalue weighted by molar-refractivity contribution is 7.21. The van der Waals surface area contributed by atoms with Gasteiger partial charge in [0.25, 0.3) is 5.91 Å². The van der Waals surface area contributed by atoms with Gasteiger partial charge in [0, 0.05) is 5.69 Å². The molecule has 4 rings (SSSR count). The van der Waals surface area contributed by atoms with Crippen LogP contribution >= 0.6 is 11.3 Å². The summed E-state index contributed by atoms with van der Waals surface area (Å²) in [5, 5.41) is 3.43. The molecular weight excluding hydrogens is 388 g/mol. The lowest BCUT2D eigenvalue weighted by Crippen LogP contribution is -2.21. The fourth-order valence-electron chi connectivity index (χ4n) is 2.80. The Bertz CT molecular complexity index is 1180. The molecule has 4 aromatic rings. The van der Waals surface area contributed by atoms with Crippen molar-refractivity contribution < 1.29 is 18.7 Å². The molecule has 0 aliphatic rings. The third kappa shape index (κ3) is 4.20. The van der Waals surface area contributed by atoms with Crippen molar-refractivity contribution >= 4 is 39.1 Å². The predicted molar refractivity (Wildman–Crippen MR) is 112 cm³/mol. The van der Waals surface area contributed by atoms with E-state index in [2.05, 4.69) is 10.3 Å². The molecule has 7 heteroatoms. The SMILES string of the molecule is Cc1ccc(C)c(NC(=O)COC(=O)c2ccc(-c3nc4ccccc4s3)o2)c1. The van der Waals surface area contributed by atoms with Crippen LogP contribution in [0.2, 0.25) is 0 Å². The molecule has 0 bridgehead atoms. The van der Waals surface area contributed by atoms with Crippen LogP contribution in [0.15, 0.2) is 59.0 Å². The van der Waals surface area contributed by atoms with Crippen molar-refractivity contribution in [2.24, 2.45) is 0 Å². The van der Waals surface area contributed by atoms with E-state index in [9.17, 15) is 9.59 Å². The monoisotopic (exact) mass is 406 g/mol. The molecule has 6 nitrogen and oxygen atoms in total. The van der Waals surface area contributed by atoms with Gasteiger partial charge in [0.05, 0.1) is 10.2 Å². The van der Waals surface area contributed by atoms with Crippen LogP contribution in [0.5, 0.6) is 0 Å². The largest absolute Gasteiger partial charge is 0.450 e. The number of hydrogen-bond acceptors (Lipinski definition) is 6. The number of carbonyl (C=O) groups excluding carboxylic acids is 2. The Morgan fingerprint density at radius 1 is 1.10 bits per heavy atom. The van der Waals surface area contributed by atoms with Crippen LogP contribution in [0, 0.1) is 13.8 Å². The number of carbonyl (C=O) groups is 2. The average Bonchev–Trinajstić information content (AvgIpc) is 3.35. The van der Waals surface area contributed by atoms with Crippen molar-refractivity contribution in [2.75, 3.05) is 11.9 Å². The van der Waals surface area contributed by atoms with Gasteiger partial charge in [-0.1, -0.05) is 24.3 Å². The number of anilines is 1. The minimum atomic E-state index is -0.700. The fourth-order valence-corrected chi connectivity index (χ4v) is 3.73. The van der Waals surface area contributed by atoms with E-state index in [4.69, 9.17) is 9.15 Å². The summed E-state index contributed by atoms with van der Waals surface area (Å²) in [4.78, 5) is 28.8. The minimum Gasteiger partial charge on any atom is -0.450 e. The topological polar surface area (TPSA) is 81.4 Å². The molecule has 2 aromatic carbocycles. The van der Waals surface area contributed by atoms with Gasteiger partial charge in [-0.3, -0.25) is 4.79 Å². The lowest BCUT2D eigenvalue weighted by molar-refractivity contribution is -0.119. The number of nitrogens with one attached hydrogen (secondary N) is 1. The third-order valence-corrected chi connectivity index (χ3v) is 5.36. The summed E-state index contributed by atoms with van der Waals surface area (Å²) in [6.45, 7) is 3.44. The van der Waals surface area contributed by atoms with E-state index in [-0.39, 0.29) is 5.76 Å². The highest BCUT2D eigenvalue weighted by Crippen LogP contribution is 2.31. The first-order valence-electron chi connectivity index (χ1n) is 8.99. The van der Waals surface area contributed by atoms with Crippen LogP contribution in [0.1, 0.15) is 21.7 Å². The van der Waals surface area contributed by atoms with Crippen LogP contribution in [-0.2, 0) is 9.53 Å². The second-order valence-corrected chi connectivity index (χ2v) is 7.62. The van der Waals surface area contributed by atoms with Crippen LogP contribution in [0.3, 0.4) is 0 Å². The summed E-state index contributed by atoms with van der Waals surface area (Å²) in [7, 11) is 0. The van der Waals surface area contributed by atoms with Gasteiger partial charge in [-0.25, -0.2) is 9.78 Å². The Balaban J connectivity index is 1.39. The van der Waals surface area contributed by atoms with Crippen molar-refractivity contribution in [3.05, 3.63) is 71.5 Å². The number of esters is 1. The van der Waals surface area contributed by atoms with E-state index in [0.717, 1.165) is 21.3 Å². The van der Waals surface area contributed by atoms with E-state index in [1.807, 2.05) is 56.3 Å². The van der Waals surface area contributed by atoms with Gasteiger partial charge >= 0.3 is 5.97 Å². The molecule has 0 fully saturated rings. The van der Waals surface area contributed by atoms with Crippen LogP contribution in [0.4, 0.5) is 5.69 Å². The molecule has 0 aliphatic carbocycles. The van der Waals surface area contributed by atoms with Gasteiger partial charge in [-0.05, 0) is 55.3 Å².